The van der Waals surface area contributed by atoms with Gasteiger partial charge in [0.25, 0.3) is 0 Å². The minimum atomic E-state index is -0.0438. The zero-order valence-electron chi connectivity index (χ0n) is 10.2. The summed E-state index contributed by atoms with van der Waals surface area (Å²) in [4.78, 5) is 12.3. The molecule has 94 valence electrons. The summed E-state index contributed by atoms with van der Waals surface area (Å²) < 4.78 is 7.58. The van der Waals surface area contributed by atoms with Crippen molar-refractivity contribution in [3.05, 3.63) is 46.2 Å². The van der Waals surface area contributed by atoms with E-state index in [-0.39, 0.29) is 5.78 Å². The average molecular weight is 309 g/mol. The predicted molar refractivity (Wildman–Crippen MR) is 72.0 cm³/mol. The Kier molecular flexibility index (Phi) is 3.81. The van der Waals surface area contributed by atoms with Gasteiger partial charge in [-0.3, -0.25) is 9.48 Å². The van der Waals surface area contributed by atoms with Gasteiger partial charge >= 0.3 is 0 Å². The van der Waals surface area contributed by atoms with Crippen LogP contribution in [0.25, 0.3) is 0 Å². The van der Waals surface area contributed by atoms with Gasteiger partial charge in [-0.1, -0.05) is 0 Å². The van der Waals surface area contributed by atoms with E-state index < -0.39 is 0 Å². The third kappa shape index (κ3) is 2.31. The van der Waals surface area contributed by atoms with Gasteiger partial charge in [0, 0.05) is 18.3 Å². The van der Waals surface area contributed by atoms with Crippen molar-refractivity contribution in [2.24, 2.45) is 0 Å². The van der Waals surface area contributed by atoms with E-state index in [0.29, 0.717) is 23.6 Å². The van der Waals surface area contributed by atoms with Gasteiger partial charge in [-0.05, 0) is 47.1 Å². The monoisotopic (exact) mass is 308 g/mol. The summed E-state index contributed by atoms with van der Waals surface area (Å²) in [5, 5.41) is 4.10. The van der Waals surface area contributed by atoms with E-state index in [4.69, 9.17) is 4.74 Å². The molecule has 0 fully saturated rings. The molecule has 0 aliphatic carbocycles. The summed E-state index contributed by atoms with van der Waals surface area (Å²) >= 11 is 3.37. The molecule has 1 aromatic carbocycles. The van der Waals surface area contributed by atoms with Crippen molar-refractivity contribution in [1.82, 2.24) is 9.78 Å². The number of aryl methyl sites for hydroxylation is 1. The highest BCUT2D eigenvalue weighted by atomic mass is 79.9. The number of carbonyl (C=O) groups excluding carboxylic acids is 1. The van der Waals surface area contributed by atoms with E-state index in [1.807, 2.05) is 6.92 Å². The van der Waals surface area contributed by atoms with Crippen molar-refractivity contribution in [3.8, 4) is 5.75 Å². The molecule has 0 bridgehead atoms. The summed E-state index contributed by atoms with van der Waals surface area (Å²) in [5.41, 5.74) is 1.20. The lowest BCUT2D eigenvalue weighted by Gasteiger charge is -2.07. The van der Waals surface area contributed by atoms with Crippen LogP contribution in [0, 0.1) is 0 Å². The number of carbonyl (C=O) groups is 1. The van der Waals surface area contributed by atoms with Gasteiger partial charge < -0.3 is 4.74 Å². The van der Waals surface area contributed by atoms with Gasteiger partial charge in [-0.15, -0.1) is 0 Å². The Balaban J connectivity index is 2.37. The molecule has 18 heavy (non-hydrogen) atoms. The molecule has 2 aromatic rings. The second kappa shape index (κ2) is 5.35. The molecule has 0 spiro atoms. The summed E-state index contributed by atoms with van der Waals surface area (Å²) in [6.07, 6.45) is 1.63. The fourth-order valence-electron chi connectivity index (χ4n) is 1.73. The molecule has 1 heterocycles. The molecule has 0 saturated carbocycles. The van der Waals surface area contributed by atoms with Crippen LogP contribution in [0.5, 0.6) is 5.75 Å². The molecular weight excluding hydrogens is 296 g/mol. The molecule has 0 amide bonds. The van der Waals surface area contributed by atoms with Crippen molar-refractivity contribution < 1.29 is 9.53 Å². The standard InChI is InChI=1S/C13H13BrN2O2/c1-3-16-11(6-7-15-16)13(17)9-4-5-12(18-2)10(14)8-9/h4-8H,3H2,1-2H3. The van der Waals surface area contributed by atoms with E-state index in [9.17, 15) is 4.79 Å². The number of rotatable bonds is 4. The smallest absolute Gasteiger partial charge is 0.211 e. The second-order valence-corrected chi connectivity index (χ2v) is 4.56. The Morgan fingerprint density at radius 1 is 1.44 bits per heavy atom. The van der Waals surface area contributed by atoms with Crippen LogP contribution in [0.15, 0.2) is 34.9 Å². The van der Waals surface area contributed by atoms with E-state index in [0.717, 1.165) is 4.47 Å². The first-order chi connectivity index (χ1) is 8.67. The van der Waals surface area contributed by atoms with Gasteiger partial charge in [0.2, 0.25) is 5.78 Å². The number of ether oxygens (including phenoxy) is 1. The largest absolute Gasteiger partial charge is 0.496 e. The van der Waals surface area contributed by atoms with Crippen LogP contribution >= 0.6 is 15.9 Å². The maximum atomic E-state index is 12.3. The van der Waals surface area contributed by atoms with Gasteiger partial charge in [-0.2, -0.15) is 5.10 Å². The van der Waals surface area contributed by atoms with Crippen molar-refractivity contribution in [2.75, 3.05) is 7.11 Å². The lowest BCUT2D eigenvalue weighted by molar-refractivity contribution is 0.102. The van der Waals surface area contributed by atoms with Crippen LogP contribution in [0.1, 0.15) is 23.0 Å². The molecular formula is C13H13BrN2O2. The highest BCUT2D eigenvalue weighted by Gasteiger charge is 2.15. The van der Waals surface area contributed by atoms with E-state index in [1.54, 1.807) is 42.3 Å². The summed E-state index contributed by atoms with van der Waals surface area (Å²) in [6.45, 7) is 2.62. The number of methoxy groups -OCH3 is 1. The zero-order valence-corrected chi connectivity index (χ0v) is 11.8. The SMILES string of the molecule is CCn1nccc1C(=O)c1ccc(OC)c(Br)c1. The Bertz CT molecular complexity index is 578. The number of ketones is 1. The minimum absolute atomic E-state index is 0.0438. The fraction of sp³-hybridized carbons (Fsp3) is 0.231. The number of aromatic nitrogens is 2. The Labute approximate surface area is 114 Å². The molecule has 2 rings (SSSR count). The molecule has 0 saturated heterocycles. The third-order valence-electron chi connectivity index (χ3n) is 2.66. The van der Waals surface area contributed by atoms with Crippen LogP contribution < -0.4 is 4.74 Å². The second-order valence-electron chi connectivity index (χ2n) is 3.71. The number of benzene rings is 1. The highest BCUT2D eigenvalue weighted by Crippen LogP contribution is 2.26. The first kappa shape index (κ1) is 12.8. The molecule has 0 aliphatic heterocycles. The first-order valence-corrected chi connectivity index (χ1v) is 6.36. The van der Waals surface area contributed by atoms with Crippen LogP contribution in [0.4, 0.5) is 0 Å². The van der Waals surface area contributed by atoms with Gasteiger partial charge in [0.15, 0.2) is 0 Å². The van der Waals surface area contributed by atoms with Crippen LogP contribution in [-0.2, 0) is 6.54 Å². The minimum Gasteiger partial charge on any atom is -0.496 e. The van der Waals surface area contributed by atoms with Gasteiger partial charge in [0.05, 0.1) is 11.6 Å². The maximum absolute atomic E-state index is 12.3. The summed E-state index contributed by atoms with van der Waals surface area (Å²) in [6, 6.07) is 7.00. The molecule has 0 aliphatic rings. The van der Waals surface area contributed by atoms with Crippen molar-refractivity contribution >= 4 is 21.7 Å². The van der Waals surface area contributed by atoms with Crippen LogP contribution in [-0.4, -0.2) is 22.7 Å². The quantitative estimate of drug-likeness (QED) is 0.816. The normalized spacial score (nSPS) is 10.4. The number of nitrogens with zero attached hydrogens (tertiary/aromatic N) is 2. The molecule has 0 atom stereocenters. The number of hydrogen-bond donors (Lipinski definition) is 0. The lowest BCUT2D eigenvalue weighted by atomic mass is 10.1. The Morgan fingerprint density at radius 2 is 2.22 bits per heavy atom. The summed E-state index contributed by atoms with van der Waals surface area (Å²) in [7, 11) is 1.59. The van der Waals surface area contributed by atoms with E-state index in [2.05, 4.69) is 21.0 Å². The van der Waals surface area contributed by atoms with E-state index >= 15 is 0 Å². The molecule has 0 radical (unpaired) electrons. The Morgan fingerprint density at radius 3 is 2.83 bits per heavy atom. The third-order valence-corrected chi connectivity index (χ3v) is 3.28. The zero-order chi connectivity index (χ0) is 13.1. The molecule has 4 nitrogen and oxygen atoms in total. The molecule has 0 unspecified atom stereocenters. The predicted octanol–water partition coefficient (Wildman–Crippen LogP) is 2.91. The molecule has 0 N–H and O–H groups in total. The highest BCUT2D eigenvalue weighted by molar-refractivity contribution is 9.10. The van der Waals surface area contributed by atoms with Crippen LogP contribution in [0.3, 0.4) is 0 Å². The van der Waals surface area contributed by atoms with Crippen LogP contribution in [0.2, 0.25) is 0 Å². The Hall–Kier alpha value is -1.62. The fourth-order valence-corrected chi connectivity index (χ4v) is 2.27. The van der Waals surface area contributed by atoms with Crippen molar-refractivity contribution in [2.45, 2.75) is 13.5 Å². The molecule has 1 aromatic heterocycles. The summed E-state index contributed by atoms with van der Waals surface area (Å²) in [5.74, 6) is 0.660. The van der Waals surface area contributed by atoms with Crippen molar-refractivity contribution in [1.29, 1.82) is 0 Å². The maximum Gasteiger partial charge on any atom is 0.211 e. The average Bonchev–Trinajstić information content (AvgIpc) is 2.86. The number of hydrogen-bond acceptors (Lipinski definition) is 3. The number of halogens is 1. The lowest BCUT2D eigenvalue weighted by Crippen LogP contribution is -2.10. The molecule has 5 heteroatoms. The van der Waals surface area contributed by atoms with E-state index in [1.165, 1.54) is 0 Å². The van der Waals surface area contributed by atoms with Gasteiger partial charge in [0.1, 0.15) is 11.4 Å². The first-order valence-electron chi connectivity index (χ1n) is 5.57. The topological polar surface area (TPSA) is 44.1 Å². The van der Waals surface area contributed by atoms with Crippen molar-refractivity contribution in [3.63, 3.8) is 0 Å². The van der Waals surface area contributed by atoms with Gasteiger partial charge in [-0.25, -0.2) is 0 Å².